The zero-order valence-electron chi connectivity index (χ0n) is 11.2. The normalized spacial score (nSPS) is 9.76. The van der Waals surface area contributed by atoms with Gasteiger partial charge in [0.1, 0.15) is 11.3 Å². The first-order valence-corrected chi connectivity index (χ1v) is 6.92. The summed E-state index contributed by atoms with van der Waals surface area (Å²) in [6.45, 7) is 0. The molecule has 1 aromatic heterocycles. The van der Waals surface area contributed by atoms with Crippen LogP contribution in [0.25, 0.3) is 10.9 Å². The molecule has 0 bridgehead atoms. The number of nitrogens with zero attached hydrogens (tertiary/aromatic N) is 1. The van der Waals surface area contributed by atoms with E-state index < -0.39 is 0 Å². The van der Waals surface area contributed by atoms with Crippen LogP contribution < -0.4 is 4.65 Å². The van der Waals surface area contributed by atoms with Gasteiger partial charge in [-0.3, -0.25) is 4.98 Å². The van der Waals surface area contributed by atoms with Gasteiger partial charge in [0.2, 0.25) is 0 Å². The van der Waals surface area contributed by atoms with Crippen LogP contribution in [0.3, 0.4) is 0 Å². The topological polar surface area (TPSA) is 22.1 Å². The smallest absolute Gasteiger partial charge is 0.426 e. The van der Waals surface area contributed by atoms with Crippen LogP contribution >= 0.6 is 11.6 Å². The number of halogens is 1. The average Bonchev–Trinajstić information content (AvgIpc) is 2.53. The second-order valence-corrected chi connectivity index (χ2v) is 4.81. The van der Waals surface area contributed by atoms with Crippen LogP contribution in [-0.2, 0) is 0 Å². The van der Waals surface area contributed by atoms with Gasteiger partial charge >= 0.3 is 7.48 Å². The van der Waals surface area contributed by atoms with Gasteiger partial charge in [-0.15, -0.1) is 5.82 Å². The lowest BCUT2D eigenvalue weighted by molar-refractivity contribution is 0.611. The van der Waals surface area contributed by atoms with Crippen LogP contribution in [0.15, 0.2) is 60.8 Å². The van der Waals surface area contributed by atoms with Gasteiger partial charge in [-0.2, -0.15) is 0 Å². The van der Waals surface area contributed by atoms with Crippen molar-refractivity contribution in [1.29, 1.82) is 0 Å². The summed E-state index contributed by atoms with van der Waals surface area (Å²) < 4.78 is 5.70. The third-order valence-electron chi connectivity index (χ3n) is 2.99. The molecule has 21 heavy (non-hydrogen) atoms. The van der Waals surface area contributed by atoms with E-state index in [9.17, 15) is 0 Å². The molecular weight excluding hydrogens is 280 g/mol. The Morgan fingerprint density at radius 1 is 1.00 bits per heavy atom. The molecule has 0 radical (unpaired) electrons. The number of benzene rings is 2. The third-order valence-corrected chi connectivity index (χ3v) is 3.32. The monoisotopic (exact) mass is 291 g/mol. The van der Waals surface area contributed by atoms with E-state index in [4.69, 9.17) is 16.3 Å². The minimum Gasteiger partial charge on any atom is -0.550 e. The number of pyridine rings is 1. The second-order valence-electron chi connectivity index (χ2n) is 4.40. The van der Waals surface area contributed by atoms with Gasteiger partial charge < -0.3 is 4.65 Å². The van der Waals surface area contributed by atoms with Gasteiger partial charge in [0, 0.05) is 17.1 Å². The highest BCUT2D eigenvalue weighted by Gasteiger charge is 2.01. The zero-order valence-corrected chi connectivity index (χ0v) is 12.0. The molecule has 0 aliphatic carbocycles. The molecule has 0 aliphatic rings. The van der Waals surface area contributed by atoms with Crippen molar-refractivity contribution >= 4 is 30.0 Å². The standard InChI is InChI=1S/C17H11BClNO/c19-15-8-2-1-5-13(15)10-11-18-21-16-9-3-6-14-7-4-12-20-17(14)16/h1-9,12,18H. The van der Waals surface area contributed by atoms with Crippen LogP contribution in [0.4, 0.5) is 0 Å². The van der Waals surface area contributed by atoms with E-state index in [0.29, 0.717) is 12.5 Å². The van der Waals surface area contributed by atoms with Crippen molar-refractivity contribution in [3.05, 3.63) is 71.4 Å². The minimum atomic E-state index is 0.293. The largest absolute Gasteiger partial charge is 0.550 e. The predicted molar refractivity (Wildman–Crippen MR) is 87.9 cm³/mol. The molecule has 2 aromatic carbocycles. The molecule has 4 heteroatoms. The predicted octanol–water partition coefficient (Wildman–Crippen LogP) is 3.63. The summed E-state index contributed by atoms with van der Waals surface area (Å²) in [5, 5.41) is 1.70. The SMILES string of the molecule is Clc1ccccc1C#CBOc1cccc2cccnc12. The Morgan fingerprint density at radius 2 is 1.86 bits per heavy atom. The average molecular weight is 292 g/mol. The Bertz CT molecular complexity index is 833. The van der Waals surface area contributed by atoms with E-state index in [1.165, 1.54) is 0 Å². The van der Waals surface area contributed by atoms with Crippen molar-refractivity contribution < 1.29 is 4.65 Å². The van der Waals surface area contributed by atoms with Gasteiger partial charge in [0.15, 0.2) is 0 Å². The van der Waals surface area contributed by atoms with Gasteiger partial charge in [0.05, 0.1) is 5.02 Å². The van der Waals surface area contributed by atoms with E-state index in [2.05, 4.69) is 16.7 Å². The molecule has 0 saturated carbocycles. The van der Waals surface area contributed by atoms with Gasteiger partial charge in [-0.05, 0) is 24.3 Å². The summed E-state index contributed by atoms with van der Waals surface area (Å²) in [5.74, 6) is 6.71. The summed E-state index contributed by atoms with van der Waals surface area (Å²) in [5.41, 5.74) is 1.65. The molecule has 100 valence electrons. The minimum absolute atomic E-state index is 0.293. The molecule has 0 N–H and O–H groups in total. The first-order valence-electron chi connectivity index (χ1n) is 6.54. The summed E-state index contributed by atoms with van der Waals surface area (Å²) in [6.07, 6.45) is 1.75. The molecule has 3 aromatic rings. The molecule has 0 unspecified atom stereocenters. The summed E-state index contributed by atoms with van der Waals surface area (Å²) in [6, 6.07) is 17.2. The molecule has 0 atom stereocenters. The lowest BCUT2D eigenvalue weighted by atomic mass is 10.0. The quantitative estimate of drug-likeness (QED) is 0.531. The number of rotatable bonds is 2. The van der Waals surface area contributed by atoms with E-state index in [1.54, 1.807) is 6.20 Å². The molecule has 0 fully saturated rings. The molecule has 3 rings (SSSR count). The van der Waals surface area contributed by atoms with Crippen molar-refractivity contribution in [2.45, 2.75) is 0 Å². The first kappa shape index (κ1) is 13.5. The molecule has 0 aliphatic heterocycles. The van der Waals surface area contributed by atoms with Gasteiger partial charge in [-0.25, -0.2) is 0 Å². The van der Waals surface area contributed by atoms with E-state index in [0.717, 1.165) is 22.2 Å². The Balaban J connectivity index is 1.75. The number of hydrogen-bond donors (Lipinski definition) is 0. The Hall–Kier alpha value is -2.44. The summed E-state index contributed by atoms with van der Waals surface area (Å²) in [7, 11) is 0.293. The zero-order chi connectivity index (χ0) is 14.5. The second kappa shape index (κ2) is 6.34. The van der Waals surface area contributed by atoms with Crippen molar-refractivity contribution in [3.8, 4) is 17.5 Å². The Morgan fingerprint density at radius 3 is 2.76 bits per heavy atom. The lowest BCUT2D eigenvalue weighted by Gasteiger charge is -2.05. The van der Waals surface area contributed by atoms with Gasteiger partial charge in [0.25, 0.3) is 0 Å². The maximum absolute atomic E-state index is 6.04. The molecule has 0 spiro atoms. The van der Waals surface area contributed by atoms with Crippen molar-refractivity contribution in [3.63, 3.8) is 0 Å². The van der Waals surface area contributed by atoms with Crippen molar-refractivity contribution in [2.24, 2.45) is 0 Å². The highest BCUT2D eigenvalue weighted by Crippen LogP contribution is 2.22. The summed E-state index contributed by atoms with van der Waals surface area (Å²) >= 11 is 6.04. The number of fused-ring (bicyclic) bond motifs is 1. The summed E-state index contributed by atoms with van der Waals surface area (Å²) in [4.78, 5) is 4.34. The van der Waals surface area contributed by atoms with Crippen LogP contribution in [0.1, 0.15) is 5.56 Å². The highest BCUT2D eigenvalue weighted by atomic mass is 35.5. The van der Waals surface area contributed by atoms with Crippen LogP contribution in [0, 0.1) is 11.7 Å². The van der Waals surface area contributed by atoms with Gasteiger partial charge in [-0.1, -0.05) is 47.9 Å². The van der Waals surface area contributed by atoms with Crippen LogP contribution in [0.2, 0.25) is 5.02 Å². The highest BCUT2D eigenvalue weighted by molar-refractivity contribution is 6.40. The Labute approximate surface area is 129 Å². The fourth-order valence-electron chi connectivity index (χ4n) is 2.00. The molecule has 2 nitrogen and oxygen atoms in total. The molecule has 1 heterocycles. The maximum atomic E-state index is 6.04. The third kappa shape index (κ3) is 3.18. The number of aromatic nitrogens is 1. The van der Waals surface area contributed by atoms with E-state index >= 15 is 0 Å². The van der Waals surface area contributed by atoms with E-state index in [1.807, 2.05) is 54.6 Å². The Kier molecular flexibility index (Phi) is 4.09. The maximum Gasteiger partial charge on any atom is 0.426 e. The number of hydrogen-bond acceptors (Lipinski definition) is 2. The molecular formula is C17H11BClNO. The fourth-order valence-corrected chi connectivity index (χ4v) is 2.18. The fraction of sp³-hybridized carbons (Fsp3) is 0. The number of para-hydroxylation sites is 1. The van der Waals surface area contributed by atoms with E-state index in [-0.39, 0.29) is 0 Å². The van der Waals surface area contributed by atoms with Crippen LogP contribution in [0.5, 0.6) is 5.75 Å². The van der Waals surface area contributed by atoms with Crippen molar-refractivity contribution in [1.82, 2.24) is 4.98 Å². The molecule has 0 amide bonds. The van der Waals surface area contributed by atoms with Crippen LogP contribution in [-0.4, -0.2) is 12.5 Å². The lowest BCUT2D eigenvalue weighted by Crippen LogP contribution is -2.00. The molecule has 0 saturated heterocycles. The first-order chi connectivity index (χ1) is 10.3. The van der Waals surface area contributed by atoms with Crippen molar-refractivity contribution in [2.75, 3.05) is 0 Å².